The van der Waals surface area contributed by atoms with Crippen LogP contribution in [0.5, 0.6) is 0 Å². The molecule has 25 heavy (non-hydrogen) atoms. The molecule has 0 aliphatic rings. The molecular formula is C17H38O5Si3. The van der Waals surface area contributed by atoms with E-state index >= 15 is 0 Å². The van der Waals surface area contributed by atoms with E-state index in [-0.39, 0.29) is 0 Å². The highest BCUT2D eigenvalue weighted by atomic mass is 28.4. The molecule has 0 saturated carbocycles. The molecule has 0 bridgehead atoms. The summed E-state index contributed by atoms with van der Waals surface area (Å²) in [6.07, 6.45) is 0. The van der Waals surface area contributed by atoms with Crippen molar-refractivity contribution in [3.8, 4) is 0 Å². The molecule has 0 aromatic rings. The maximum Gasteiger partial charge on any atom is 0.528 e. The Bertz CT molecular complexity index is 390. The lowest BCUT2D eigenvalue weighted by Gasteiger charge is -2.27. The monoisotopic (exact) mass is 406 g/mol. The first kappa shape index (κ1) is 24.9. The summed E-state index contributed by atoms with van der Waals surface area (Å²) in [5.74, 6) is 0. The van der Waals surface area contributed by atoms with Crippen LogP contribution in [-0.2, 0) is 22.1 Å². The van der Waals surface area contributed by atoms with Crippen molar-refractivity contribution in [2.45, 2.75) is 54.3 Å². The van der Waals surface area contributed by atoms with Crippen molar-refractivity contribution >= 4 is 25.4 Å². The Morgan fingerprint density at radius 1 is 0.520 bits per heavy atom. The first-order valence-corrected chi connectivity index (χ1v) is 16.7. The van der Waals surface area contributed by atoms with Crippen molar-refractivity contribution in [2.75, 3.05) is 33.0 Å². The van der Waals surface area contributed by atoms with Gasteiger partial charge < -0.3 is 22.1 Å². The summed E-state index contributed by atoms with van der Waals surface area (Å²) < 4.78 is 29.5. The molecule has 0 aliphatic carbocycles. The van der Waals surface area contributed by atoms with E-state index in [9.17, 15) is 0 Å². The fourth-order valence-electron chi connectivity index (χ4n) is 2.32. The van der Waals surface area contributed by atoms with E-state index in [2.05, 4.69) is 42.4 Å². The third-order valence-electron chi connectivity index (χ3n) is 3.43. The molecular weight excluding hydrogens is 368 g/mol. The second kappa shape index (κ2) is 12.3. The molecule has 0 aromatic carbocycles. The van der Waals surface area contributed by atoms with Gasteiger partial charge >= 0.3 is 17.4 Å². The zero-order valence-corrected chi connectivity index (χ0v) is 20.4. The van der Waals surface area contributed by atoms with Crippen molar-refractivity contribution in [1.29, 1.82) is 0 Å². The average molecular weight is 407 g/mol. The highest BCUT2D eigenvalue weighted by Gasteiger charge is 2.38. The molecule has 0 aliphatic heterocycles. The van der Waals surface area contributed by atoms with Gasteiger partial charge in [0.2, 0.25) is 0 Å². The SMILES string of the molecule is CCO[Si](C)(C=C[Si](C)(C)C=C[Si](OCC)(OCC)OCC)OCC. The minimum Gasteiger partial charge on any atom is -0.392 e. The molecule has 0 saturated heterocycles. The Morgan fingerprint density at radius 2 is 0.880 bits per heavy atom. The van der Waals surface area contributed by atoms with Gasteiger partial charge in [0.15, 0.2) is 0 Å². The average Bonchev–Trinajstić information content (AvgIpc) is 2.53. The van der Waals surface area contributed by atoms with Gasteiger partial charge in [-0.2, -0.15) is 0 Å². The predicted octanol–water partition coefficient (Wildman–Crippen LogP) is 4.16. The number of rotatable bonds is 14. The van der Waals surface area contributed by atoms with Crippen molar-refractivity contribution in [1.82, 2.24) is 0 Å². The highest BCUT2D eigenvalue weighted by Crippen LogP contribution is 2.17. The van der Waals surface area contributed by atoms with E-state index in [4.69, 9.17) is 22.1 Å². The van der Waals surface area contributed by atoms with Gasteiger partial charge in [-0.15, -0.1) is 0 Å². The van der Waals surface area contributed by atoms with Crippen LogP contribution in [0.4, 0.5) is 0 Å². The molecule has 0 rings (SSSR count). The fraction of sp³-hybridized carbons (Fsp3) is 0.765. The number of hydrogen-bond acceptors (Lipinski definition) is 5. The van der Waals surface area contributed by atoms with Crippen LogP contribution < -0.4 is 0 Å². The quantitative estimate of drug-likeness (QED) is 0.405. The molecule has 0 unspecified atom stereocenters. The van der Waals surface area contributed by atoms with Gasteiger partial charge in [0.25, 0.3) is 0 Å². The Kier molecular flexibility index (Phi) is 12.3. The third-order valence-corrected chi connectivity index (χ3v) is 11.3. The Labute approximate surface area is 158 Å². The Morgan fingerprint density at radius 3 is 1.24 bits per heavy atom. The van der Waals surface area contributed by atoms with Gasteiger partial charge in [-0.3, -0.25) is 0 Å². The summed E-state index contributed by atoms with van der Waals surface area (Å²) in [6.45, 7) is 19.6. The van der Waals surface area contributed by atoms with E-state index in [0.717, 1.165) is 0 Å². The van der Waals surface area contributed by atoms with Crippen LogP contribution in [-0.4, -0.2) is 58.5 Å². The molecule has 0 N–H and O–H groups in total. The zero-order chi connectivity index (χ0) is 19.4. The Balaban J connectivity index is 5.33. The standard InChI is InChI=1S/C17H38O5Si3/c1-9-18-24(8,19-10-2)16-14-23(6,7)15-17-25(20-11-3,21-12-4)22-13-5/h14-17H,9-13H2,1-8H3. The summed E-state index contributed by atoms with van der Waals surface area (Å²) in [6, 6.07) is 0. The van der Waals surface area contributed by atoms with Crippen molar-refractivity contribution in [3.63, 3.8) is 0 Å². The van der Waals surface area contributed by atoms with Gasteiger partial charge in [0.05, 0.1) is 8.07 Å². The van der Waals surface area contributed by atoms with Gasteiger partial charge in [-0.25, -0.2) is 0 Å². The van der Waals surface area contributed by atoms with E-state index in [1.807, 2.05) is 34.6 Å². The van der Waals surface area contributed by atoms with Crippen LogP contribution in [0.15, 0.2) is 22.8 Å². The van der Waals surface area contributed by atoms with Crippen LogP contribution in [0.1, 0.15) is 34.6 Å². The smallest absolute Gasteiger partial charge is 0.392 e. The lowest BCUT2D eigenvalue weighted by Crippen LogP contribution is -2.45. The van der Waals surface area contributed by atoms with Gasteiger partial charge in [0.1, 0.15) is 0 Å². The van der Waals surface area contributed by atoms with Crippen molar-refractivity contribution in [3.05, 3.63) is 22.8 Å². The van der Waals surface area contributed by atoms with Crippen LogP contribution in [0, 0.1) is 0 Å². The van der Waals surface area contributed by atoms with Gasteiger partial charge in [-0.1, -0.05) is 30.2 Å². The first-order valence-electron chi connectivity index (χ1n) is 9.32. The van der Waals surface area contributed by atoms with Crippen LogP contribution in [0.3, 0.4) is 0 Å². The summed E-state index contributed by atoms with van der Waals surface area (Å²) in [5.41, 5.74) is 8.75. The lowest BCUT2D eigenvalue weighted by molar-refractivity contribution is 0.0843. The lowest BCUT2D eigenvalue weighted by atomic mass is 10.9. The number of hydrogen-bond donors (Lipinski definition) is 0. The van der Waals surface area contributed by atoms with Crippen LogP contribution in [0.2, 0.25) is 19.6 Å². The van der Waals surface area contributed by atoms with Gasteiger partial charge in [0, 0.05) is 33.0 Å². The molecule has 8 heteroatoms. The van der Waals surface area contributed by atoms with E-state index in [0.29, 0.717) is 33.0 Å². The second-order valence-corrected chi connectivity index (χ2v) is 15.9. The van der Waals surface area contributed by atoms with E-state index < -0.39 is 25.4 Å². The maximum atomic E-state index is 5.89. The molecule has 0 fully saturated rings. The predicted molar refractivity (Wildman–Crippen MR) is 111 cm³/mol. The minimum absolute atomic E-state index is 0.577. The fourth-order valence-corrected chi connectivity index (χ4v) is 11.1. The summed E-state index contributed by atoms with van der Waals surface area (Å²) in [7, 11) is -6.74. The minimum atomic E-state index is -2.74. The van der Waals surface area contributed by atoms with Crippen molar-refractivity contribution in [2.24, 2.45) is 0 Å². The molecule has 0 radical (unpaired) electrons. The van der Waals surface area contributed by atoms with Crippen LogP contribution >= 0.6 is 0 Å². The molecule has 148 valence electrons. The summed E-state index contributed by atoms with van der Waals surface area (Å²) in [5, 5.41) is 0. The zero-order valence-electron chi connectivity index (χ0n) is 17.4. The molecule has 0 aromatic heterocycles. The molecule has 0 heterocycles. The molecule has 0 amide bonds. The second-order valence-electron chi connectivity index (χ2n) is 6.27. The first-order chi connectivity index (χ1) is 11.7. The molecule has 5 nitrogen and oxygen atoms in total. The molecule has 0 spiro atoms. The van der Waals surface area contributed by atoms with Crippen LogP contribution in [0.25, 0.3) is 0 Å². The van der Waals surface area contributed by atoms with Gasteiger partial charge in [-0.05, 0) is 46.9 Å². The molecule has 0 atom stereocenters. The summed E-state index contributed by atoms with van der Waals surface area (Å²) in [4.78, 5) is 0. The maximum absolute atomic E-state index is 5.89. The highest BCUT2D eigenvalue weighted by molar-refractivity contribution is 6.89. The van der Waals surface area contributed by atoms with E-state index in [1.165, 1.54) is 0 Å². The van der Waals surface area contributed by atoms with Crippen molar-refractivity contribution < 1.29 is 22.1 Å². The third kappa shape index (κ3) is 10.00. The normalized spacial score (nSPS) is 14.1. The topological polar surface area (TPSA) is 46.2 Å². The van der Waals surface area contributed by atoms with E-state index in [1.54, 1.807) is 0 Å². The Hall–Kier alpha value is -0.0694. The largest absolute Gasteiger partial charge is 0.528 e. The summed E-state index contributed by atoms with van der Waals surface area (Å²) >= 11 is 0.